The minimum atomic E-state index is -0.290. The number of likely N-dealkylation sites (tertiary alicyclic amines) is 1. The van der Waals surface area contributed by atoms with Crippen molar-refractivity contribution in [1.29, 1.82) is 0 Å². The van der Waals surface area contributed by atoms with Crippen LogP contribution in [0.15, 0.2) is 0 Å². The van der Waals surface area contributed by atoms with Crippen LogP contribution in [0.3, 0.4) is 0 Å². The molecule has 1 saturated heterocycles. The molecule has 2 atom stereocenters. The summed E-state index contributed by atoms with van der Waals surface area (Å²) < 4.78 is 4.65. The summed E-state index contributed by atoms with van der Waals surface area (Å²) in [6.45, 7) is 0.698. The zero-order valence-electron chi connectivity index (χ0n) is 7.66. The zero-order valence-corrected chi connectivity index (χ0v) is 7.66. The maximum atomic E-state index is 11.3. The molecule has 2 fully saturated rings. The highest BCUT2D eigenvalue weighted by Gasteiger charge is 2.41. The van der Waals surface area contributed by atoms with Crippen LogP contribution in [0.2, 0.25) is 0 Å². The van der Waals surface area contributed by atoms with Crippen LogP contribution in [0.25, 0.3) is 0 Å². The minimum Gasteiger partial charge on any atom is -0.453 e. The maximum absolute atomic E-state index is 11.3. The van der Waals surface area contributed by atoms with Gasteiger partial charge in [0.1, 0.15) is 5.78 Å². The lowest BCUT2D eigenvalue weighted by Gasteiger charge is -2.22. The van der Waals surface area contributed by atoms with Gasteiger partial charge < -0.3 is 9.64 Å². The smallest absolute Gasteiger partial charge is 0.409 e. The van der Waals surface area contributed by atoms with Crippen molar-refractivity contribution in [2.45, 2.75) is 25.3 Å². The third-order valence-corrected chi connectivity index (χ3v) is 2.89. The second-order valence-electron chi connectivity index (χ2n) is 3.82. The third kappa shape index (κ3) is 1.41. The number of hydrogen-bond acceptors (Lipinski definition) is 3. The monoisotopic (exact) mass is 183 g/mol. The van der Waals surface area contributed by atoms with Crippen molar-refractivity contribution in [3.8, 4) is 0 Å². The van der Waals surface area contributed by atoms with Gasteiger partial charge in [-0.25, -0.2) is 4.79 Å². The van der Waals surface area contributed by atoms with Crippen LogP contribution in [-0.4, -0.2) is 36.5 Å². The number of carbonyl (C=O) groups is 2. The number of nitrogens with zero attached hydrogens (tertiary/aromatic N) is 1. The van der Waals surface area contributed by atoms with Crippen molar-refractivity contribution in [1.82, 2.24) is 4.90 Å². The average molecular weight is 183 g/mol. The van der Waals surface area contributed by atoms with Crippen molar-refractivity contribution in [2.75, 3.05) is 13.7 Å². The van der Waals surface area contributed by atoms with E-state index in [1.165, 1.54) is 7.11 Å². The predicted octanol–water partition coefficient (Wildman–Crippen LogP) is 0.806. The Hall–Kier alpha value is -1.06. The van der Waals surface area contributed by atoms with Crippen LogP contribution in [-0.2, 0) is 9.53 Å². The van der Waals surface area contributed by atoms with E-state index in [-0.39, 0.29) is 17.9 Å². The molecule has 13 heavy (non-hydrogen) atoms. The standard InChI is InChI=1S/C9H13NO3/c1-13-9(12)10-5-6-2-7(10)4-8(11)3-6/h6-7H,2-5H2,1H3. The SMILES string of the molecule is COC(=O)N1CC2CC(=O)CC1C2. The van der Waals surface area contributed by atoms with Crippen molar-refractivity contribution < 1.29 is 14.3 Å². The van der Waals surface area contributed by atoms with Crippen LogP contribution < -0.4 is 0 Å². The van der Waals surface area contributed by atoms with Crippen molar-refractivity contribution in [3.05, 3.63) is 0 Å². The fourth-order valence-electron chi connectivity index (χ4n) is 2.36. The van der Waals surface area contributed by atoms with Gasteiger partial charge in [-0.05, 0) is 12.3 Å². The summed E-state index contributed by atoms with van der Waals surface area (Å²) in [4.78, 5) is 24.1. The molecule has 0 spiro atoms. The maximum Gasteiger partial charge on any atom is 0.409 e. The molecular formula is C9H13NO3. The van der Waals surface area contributed by atoms with Gasteiger partial charge in [0.25, 0.3) is 0 Å². The summed E-state index contributed by atoms with van der Waals surface area (Å²) in [5.41, 5.74) is 0. The molecule has 0 radical (unpaired) electrons. The Morgan fingerprint density at radius 2 is 2.31 bits per heavy atom. The number of ether oxygens (including phenoxy) is 1. The number of rotatable bonds is 0. The van der Waals surface area contributed by atoms with Gasteiger partial charge in [-0.1, -0.05) is 0 Å². The van der Waals surface area contributed by atoms with Gasteiger partial charge in [0.2, 0.25) is 0 Å². The van der Waals surface area contributed by atoms with Gasteiger partial charge in [-0.3, -0.25) is 4.79 Å². The highest BCUT2D eigenvalue weighted by Crippen LogP contribution is 2.33. The fourth-order valence-corrected chi connectivity index (χ4v) is 2.36. The van der Waals surface area contributed by atoms with E-state index >= 15 is 0 Å². The van der Waals surface area contributed by atoms with E-state index in [1.807, 2.05) is 0 Å². The first-order valence-corrected chi connectivity index (χ1v) is 4.57. The van der Waals surface area contributed by atoms with Crippen LogP contribution in [0.5, 0.6) is 0 Å². The summed E-state index contributed by atoms with van der Waals surface area (Å²) in [6, 6.07) is 0.110. The molecule has 2 bridgehead atoms. The Balaban J connectivity index is 2.09. The van der Waals surface area contributed by atoms with E-state index in [9.17, 15) is 9.59 Å². The van der Waals surface area contributed by atoms with Crippen LogP contribution in [0.4, 0.5) is 4.79 Å². The number of fused-ring (bicyclic) bond motifs is 2. The van der Waals surface area contributed by atoms with E-state index in [1.54, 1.807) is 4.90 Å². The molecule has 4 heteroatoms. The molecule has 0 N–H and O–H groups in total. The molecule has 2 unspecified atom stereocenters. The molecule has 4 nitrogen and oxygen atoms in total. The Bertz CT molecular complexity index is 251. The summed E-state index contributed by atoms with van der Waals surface area (Å²) in [5, 5.41) is 0. The molecule has 1 aliphatic carbocycles. The van der Waals surface area contributed by atoms with Gasteiger partial charge >= 0.3 is 6.09 Å². The Morgan fingerprint density at radius 1 is 1.54 bits per heavy atom. The number of carbonyl (C=O) groups excluding carboxylic acids is 2. The van der Waals surface area contributed by atoms with E-state index in [4.69, 9.17) is 0 Å². The minimum absolute atomic E-state index is 0.110. The first-order valence-electron chi connectivity index (χ1n) is 4.57. The van der Waals surface area contributed by atoms with E-state index in [2.05, 4.69) is 4.74 Å². The third-order valence-electron chi connectivity index (χ3n) is 2.89. The molecule has 0 aromatic rings. The largest absolute Gasteiger partial charge is 0.453 e. The first kappa shape index (κ1) is 8.53. The summed E-state index contributed by atoms with van der Waals surface area (Å²) in [5.74, 6) is 0.665. The normalized spacial score (nSPS) is 32.1. The number of hydrogen-bond donors (Lipinski definition) is 0. The van der Waals surface area contributed by atoms with Crippen molar-refractivity contribution in [2.24, 2.45) is 5.92 Å². The van der Waals surface area contributed by atoms with Gasteiger partial charge in [0.15, 0.2) is 0 Å². The first-order chi connectivity index (χ1) is 6.20. The zero-order chi connectivity index (χ0) is 9.42. The van der Waals surface area contributed by atoms with Gasteiger partial charge in [0.05, 0.1) is 7.11 Å². The highest BCUT2D eigenvalue weighted by atomic mass is 16.5. The van der Waals surface area contributed by atoms with Crippen LogP contribution >= 0.6 is 0 Å². The quantitative estimate of drug-likeness (QED) is 0.558. The Labute approximate surface area is 76.8 Å². The predicted molar refractivity (Wildman–Crippen MR) is 45.2 cm³/mol. The molecule has 0 aromatic carbocycles. The number of Topliss-reactive ketones (excluding diaryl/α,β-unsaturated/α-hetero) is 1. The van der Waals surface area contributed by atoms with Crippen molar-refractivity contribution in [3.63, 3.8) is 0 Å². The second kappa shape index (κ2) is 3.01. The molecule has 1 saturated carbocycles. The number of methoxy groups -OCH3 is 1. The molecule has 2 rings (SSSR count). The summed E-state index contributed by atoms with van der Waals surface area (Å²) in [7, 11) is 1.38. The molecule has 1 amide bonds. The molecule has 0 aromatic heterocycles. The van der Waals surface area contributed by atoms with Crippen molar-refractivity contribution >= 4 is 11.9 Å². The topological polar surface area (TPSA) is 46.6 Å². The summed E-state index contributed by atoms with van der Waals surface area (Å²) in [6.07, 6.45) is 1.85. The highest BCUT2D eigenvalue weighted by molar-refractivity contribution is 5.82. The Morgan fingerprint density at radius 3 is 3.00 bits per heavy atom. The Kier molecular flexibility index (Phi) is 1.98. The lowest BCUT2D eigenvalue weighted by atomic mass is 9.89. The van der Waals surface area contributed by atoms with Gasteiger partial charge in [0, 0.05) is 25.4 Å². The lowest BCUT2D eigenvalue weighted by Crippen LogP contribution is -2.36. The van der Waals surface area contributed by atoms with Crippen LogP contribution in [0.1, 0.15) is 19.3 Å². The molecule has 1 aliphatic heterocycles. The summed E-state index contributed by atoms with van der Waals surface area (Å²) >= 11 is 0. The fraction of sp³-hybridized carbons (Fsp3) is 0.778. The number of amides is 1. The number of ketones is 1. The second-order valence-corrected chi connectivity index (χ2v) is 3.82. The molecule has 2 aliphatic rings. The molecular weight excluding hydrogens is 170 g/mol. The van der Waals surface area contributed by atoms with Gasteiger partial charge in [-0.2, -0.15) is 0 Å². The average Bonchev–Trinajstić information content (AvgIpc) is 2.40. The van der Waals surface area contributed by atoms with E-state index in [0.29, 0.717) is 25.3 Å². The van der Waals surface area contributed by atoms with E-state index < -0.39 is 0 Å². The lowest BCUT2D eigenvalue weighted by molar-refractivity contribution is -0.121. The van der Waals surface area contributed by atoms with Crippen LogP contribution in [0, 0.1) is 5.92 Å². The van der Waals surface area contributed by atoms with E-state index in [0.717, 1.165) is 6.42 Å². The molecule has 1 heterocycles. The molecule has 72 valence electrons. The van der Waals surface area contributed by atoms with Gasteiger partial charge in [-0.15, -0.1) is 0 Å².